The molecule has 0 saturated carbocycles. The molecule has 0 amide bonds. The van der Waals surface area contributed by atoms with E-state index in [0.29, 0.717) is 0 Å². The van der Waals surface area contributed by atoms with Crippen LogP contribution in [0.1, 0.15) is 47.2 Å². The SMILES string of the molecule is Cc1ccc(C)c(C(=O)C2CC3CCC(C2)S3=O)c1. The maximum Gasteiger partial charge on any atom is 0.166 e. The molecule has 2 nitrogen and oxygen atoms in total. The summed E-state index contributed by atoms with van der Waals surface area (Å²) < 4.78 is 12.0. The highest BCUT2D eigenvalue weighted by molar-refractivity contribution is 7.86. The van der Waals surface area contributed by atoms with Crippen molar-refractivity contribution in [1.29, 1.82) is 0 Å². The highest BCUT2D eigenvalue weighted by atomic mass is 32.2. The molecule has 102 valence electrons. The molecule has 19 heavy (non-hydrogen) atoms. The fourth-order valence-corrected chi connectivity index (χ4v) is 5.59. The summed E-state index contributed by atoms with van der Waals surface area (Å²) in [5, 5.41) is 0.552. The number of fused-ring (bicyclic) bond motifs is 2. The normalized spacial score (nSPS) is 33.4. The van der Waals surface area contributed by atoms with Crippen molar-refractivity contribution in [1.82, 2.24) is 0 Å². The molecule has 2 saturated heterocycles. The second-order valence-corrected chi connectivity index (χ2v) is 7.99. The predicted molar refractivity (Wildman–Crippen MR) is 77.9 cm³/mol. The van der Waals surface area contributed by atoms with Gasteiger partial charge in [-0.25, -0.2) is 0 Å². The van der Waals surface area contributed by atoms with Crippen LogP contribution in [0.3, 0.4) is 0 Å². The standard InChI is InChI=1S/C16H20O2S/c1-10-3-4-11(2)15(7-10)16(17)12-8-13-5-6-14(9-12)19(13)18/h3-4,7,12-14H,5-6,8-9H2,1-2H3. The van der Waals surface area contributed by atoms with E-state index in [9.17, 15) is 9.00 Å². The minimum atomic E-state index is -0.674. The summed E-state index contributed by atoms with van der Waals surface area (Å²) >= 11 is 0. The summed E-state index contributed by atoms with van der Waals surface area (Å²) in [6, 6.07) is 6.08. The van der Waals surface area contributed by atoms with E-state index in [1.807, 2.05) is 32.0 Å². The van der Waals surface area contributed by atoms with Gasteiger partial charge in [-0.1, -0.05) is 17.7 Å². The van der Waals surface area contributed by atoms with Gasteiger partial charge >= 0.3 is 0 Å². The van der Waals surface area contributed by atoms with Crippen molar-refractivity contribution in [3.05, 3.63) is 34.9 Å². The number of Topliss-reactive ketones (excluding diaryl/α,β-unsaturated/α-hetero) is 1. The molecule has 2 atom stereocenters. The van der Waals surface area contributed by atoms with Crippen LogP contribution in [0.25, 0.3) is 0 Å². The minimum absolute atomic E-state index is 0.0932. The predicted octanol–water partition coefficient (Wildman–Crippen LogP) is 3.18. The molecule has 0 N–H and O–H groups in total. The number of ketones is 1. The molecule has 0 aromatic heterocycles. The van der Waals surface area contributed by atoms with Gasteiger partial charge in [-0.3, -0.25) is 9.00 Å². The van der Waals surface area contributed by atoms with E-state index in [1.54, 1.807) is 0 Å². The van der Waals surface area contributed by atoms with Crippen LogP contribution >= 0.6 is 0 Å². The Balaban J connectivity index is 1.85. The second kappa shape index (κ2) is 4.86. The molecular weight excluding hydrogens is 256 g/mol. The quantitative estimate of drug-likeness (QED) is 0.777. The lowest BCUT2D eigenvalue weighted by molar-refractivity contribution is 0.0905. The molecule has 2 aliphatic rings. The van der Waals surface area contributed by atoms with Crippen LogP contribution in [0.15, 0.2) is 18.2 Å². The van der Waals surface area contributed by atoms with E-state index < -0.39 is 10.8 Å². The average Bonchev–Trinajstić information content (AvgIpc) is 2.64. The first-order valence-corrected chi connectivity index (χ1v) is 8.34. The van der Waals surface area contributed by atoms with E-state index >= 15 is 0 Å². The van der Waals surface area contributed by atoms with Gasteiger partial charge in [-0.15, -0.1) is 0 Å². The molecule has 0 aliphatic carbocycles. The zero-order chi connectivity index (χ0) is 13.6. The Kier molecular flexibility index (Phi) is 3.34. The Bertz CT molecular complexity index is 534. The maximum absolute atomic E-state index is 12.7. The number of rotatable bonds is 2. The van der Waals surface area contributed by atoms with Crippen molar-refractivity contribution in [3.8, 4) is 0 Å². The Hall–Kier alpha value is -0.960. The van der Waals surface area contributed by atoms with E-state index in [0.717, 1.165) is 42.4 Å². The Morgan fingerprint density at radius 2 is 1.79 bits per heavy atom. The number of carbonyl (C=O) groups excluding carboxylic acids is 1. The van der Waals surface area contributed by atoms with Gasteiger partial charge in [0, 0.05) is 32.8 Å². The van der Waals surface area contributed by atoms with E-state index in [4.69, 9.17) is 0 Å². The maximum atomic E-state index is 12.7. The molecule has 2 unspecified atom stereocenters. The zero-order valence-electron chi connectivity index (χ0n) is 11.5. The summed E-state index contributed by atoms with van der Waals surface area (Å²) in [7, 11) is -0.674. The van der Waals surface area contributed by atoms with Crippen molar-refractivity contribution >= 4 is 16.6 Å². The zero-order valence-corrected chi connectivity index (χ0v) is 12.3. The highest BCUT2D eigenvalue weighted by Gasteiger charge is 2.42. The molecule has 1 aromatic carbocycles. The summed E-state index contributed by atoms with van der Waals surface area (Å²) in [4.78, 5) is 12.7. The van der Waals surface area contributed by atoms with Gasteiger partial charge in [0.2, 0.25) is 0 Å². The first kappa shape index (κ1) is 13.0. The smallest absolute Gasteiger partial charge is 0.166 e. The van der Waals surface area contributed by atoms with Crippen LogP contribution in [0.4, 0.5) is 0 Å². The Morgan fingerprint density at radius 3 is 2.42 bits per heavy atom. The number of benzene rings is 1. The largest absolute Gasteiger partial charge is 0.294 e. The van der Waals surface area contributed by atoms with E-state index in [-0.39, 0.29) is 22.2 Å². The molecule has 2 aliphatic heterocycles. The first-order chi connectivity index (χ1) is 9.06. The van der Waals surface area contributed by atoms with Gasteiger partial charge in [0.05, 0.1) is 0 Å². The third kappa shape index (κ3) is 2.29. The van der Waals surface area contributed by atoms with Crippen LogP contribution in [0.5, 0.6) is 0 Å². The van der Waals surface area contributed by atoms with Crippen LogP contribution < -0.4 is 0 Å². The average molecular weight is 276 g/mol. The third-order valence-electron chi connectivity index (χ3n) is 4.59. The number of aryl methyl sites for hydroxylation is 2. The van der Waals surface area contributed by atoms with Gasteiger partial charge in [0.15, 0.2) is 5.78 Å². The molecule has 2 fully saturated rings. The van der Waals surface area contributed by atoms with Crippen LogP contribution in [-0.4, -0.2) is 20.5 Å². The van der Waals surface area contributed by atoms with Crippen molar-refractivity contribution in [3.63, 3.8) is 0 Å². The van der Waals surface area contributed by atoms with Gasteiger partial charge in [-0.2, -0.15) is 0 Å². The highest BCUT2D eigenvalue weighted by Crippen LogP contribution is 2.40. The van der Waals surface area contributed by atoms with Gasteiger partial charge < -0.3 is 0 Å². The summed E-state index contributed by atoms with van der Waals surface area (Å²) in [5.41, 5.74) is 3.07. The van der Waals surface area contributed by atoms with Crippen LogP contribution in [0.2, 0.25) is 0 Å². The molecule has 0 spiro atoms. The van der Waals surface area contributed by atoms with E-state index in [1.165, 1.54) is 0 Å². The summed E-state index contributed by atoms with van der Waals surface area (Å²) in [5.74, 6) is 0.366. The Labute approximate surface area is 117 Å². The van der Waals surface area contributed by atoms with E-state index in [2.05, 4.69) is 0 Å². The fraction of sp³-hybridized carbons (Fsp3) is 0.562. The molecule has 3 heteroatoms. The van der Waals surface area contributed by atoms with Gasteiger partial charge in [-0.05, 0) is 51.2 Å². The summed E-state index contributed by atoms with van der Waals surface area (Å²) in [6.45, 7) is 4.03. The van der Waals surface area contributed by atoms with Crippen molar-refractivity contribution in [2.45, 2.75) is 50.0 Å². The van der Waals surface area contributed by atoms with Gasteiger partial charge in [0.1, 0.15) is 0 Å². The molecule has 3 rings (SSSR count). The lowest BCUT2D eigenvalue weighted by atomic mass is 9.88. The molecule has 2 heterocycles. The van der Waals surface area contributed by atoms with Gasteiger partial charge in [0.25, 0.3) is 0 Å². The molecular formula is C16H20O2S. The molecule has 2 bridgehead atoms. The summed E-state index contributed by atoms with van der Waals surface area (Å²) in [6.07, 6.45) is 3.76. The lowest BCUT2D eigenvalue weighted by Gasteiger charge is -2.26. The number of carbonyl (C=O) groups is 1. The first-order valence-electron chi connectivity index (χ1n) is 7.07. The molecule has 0 radical (unpaired) electrons. The molecule has 1 aromatic rings. The number of hydrogen-bond acceptors (Lipinski definition) is 2. The van der Waals surface area contributed by atoms with Crippen LogP contribution in [-0.2, 0) is 10.8 Å². The second-order valence-electron chi connectivity index (χ2n) is 6.00. The minimum Gasteiger partial charge on any atom is -0.294 e. The topological polar surface area (TPSA) is 34.1 Å². The van der Waals surface area contributed by atoms with Crippen molar-refractivity contribution in [2.75, 3.05) is 0 Å². The Morgan fingerprint density at radius 1 is 1.16 bits per heavy atom. The monoisotopic (exact) mass is 276 g/mol. The van der Waals surface area contributed by atoms with Crippen molar-refractivity contribution in [2.24, 2.45) is 5.92 Å². The van der Waals surface area contributed by atoms with Crippen LogP contribution in [0, 0.1) is 19.8 Å². The number of hydrogen-bond donors (Lipinski definition) is 0. The third-order valence-corrected chi connectivity index (χ3v) is 6.76. The van der Waals surface area contributed by atoms with Crippen molar-refractivity contribution < 1.29 is 9.00 Å². The fourth-order valence-electron chi connectivity index (χ4n) is 3.47. The lowest BCUT2D eigenvalue weighted by Crippen LogP contribution is -2.32.